The van der Waals surface area contributed by atoms with Crippen molar-refractivity contribution >= 4 is 18.3 Å². The number of hydrogen-bond acceptors (Lipinski definition) is 3. The van der Waals surface area contributed by atoms with Crippen molar-refractivity contribution < 1.29 is 9.53 Å². The summed E-state index contributed by atoms with van der Waals surface area (Å²) >= 11 is 0. The Morgan fingerprint density at radius 2 is 2.09 bits per heavy atom. The molecule has 2 N–H and O–H groups in total. The van der Waals surface area contributed by atoms with Crippen molar-refractivity contribution in [1.29, 1.82) is 0 Å². The quantitative estimate of drug-likeness (QED) is 0.889. The molecule has 3 rings (SSSR count). The molecule has 3 unspecified atom stereocenters. The topological polar surface area (TPSA) is 50.4 Å². The third-order valence-corrected chi connectivity index (χ3v) is 4.55. The number of hydrogen-bond donors (Lipinski definition) is 2. The first-order chi connectivity index (χ1) is 10.3. The molecule has 2 aliphatic rings. The van der Waals surface area contributed by atoms with Gasteiger partial charge in [-0.25, -0.2) is 0 Å². The van der Waals surface area contributed by atoms with Gasteiger partial charge in [0, 0.05) is 19.1 Å². The van der Waals surface area contributed by atoms with Crippen LogP contribution in [0.5, 0.6) is 0 Å². The van der Waals surface area contributed by atoms with Crippen LogP contribution in [-0.4, -0.2) is 37.7 Å². The van der Waals surface area contributed by atoms with Gasteiger partial charge in [0.2, 0.25) is 0 Å². The van der Waals surface area contributed by atoms with Gasteiger partial charge < -0.3 is 15.4 Å². The Labute approximate surface area is 138 Å². The minimum absolute atomic E-state index is 0. The Morgan fingerprint density at radius 3 is 2.82 bits per heavy atom. The molecule has 1 aliphatic heterocycles. The molecule has 3 atom stereocenters. The van der Waals surface area contributed by atoms with E-state index in [9.17, 15) is 4.79 Å². The van der Waals surface area contributed by atoms with E-state index in [1.807, 2.05) is 6.07 Å². The molecule has 0 bridgehead atoms. The summed E-state index contributed by atoms with van der Waals surface area (Å²) in [6, 6.07) is 10.9. The van der Waals surface area contributed by atoms with E-state index in [1.165, 1.54) is 18.4 Å². The van der Waals surface area contributed by atoms with Crippen molar-refractivity contribution in [2.24, 2.45) is 5.92 Å². The molecule has 4 nitrogen and oxygen atoms in total. The lowest BCUT2D eigenvalue weighted by atomic mass is 9.94. The molecule has 2 fully saturated rings. The highest BCUT2D eigenvalue weighted by atomic mass is 35.5. The summed E-state index contributed by atoms with van der Waals surface area (Å²) in [5, 5.41) is 6.42. The number of carbonyl (C=O) groups excluding carboxylic acids is 1. The number of rotatable bonds is 4. The fourth-order valence-electron chi connectivity index (χ4n) is 3.40. The van der Waals surface area contributed by atoms with Crippen molar-refractivity contribution in [3.63, 3.8) is 0 Å². The average molecular weight is 325 g/mol. The van der Waals surface area contributed by atoms with Crippen LogP contribution in [0, 0.1) is 5.92 Å². The summed E-state index contributed by atoms with van der Waals surface area (Å²) in [5.41, 5.74) is 1.36. The lowest BCUT2D eigenvalue weighted by molar-refractivity contribution is -0.135. The summed E-state index contributed by atoms with van der Waals surface area (Å²) in [4.78, 5) is 12.3. The number of nitrogens with one attached hydrogen (secondary N) is 2. The van der Waals surface area contributed by atoms with Crippen LogP contribution in [0.25, 0.3) is 0 Å². The van der Waals surface area contributed by atoms with Gasteiger partial charge in [0.25, 0.3) is 5.91 Å². The number of morpholine rings is 1. The second-order valence-electron chi connectivity index (χ2n) is 6.06. The SMILES string of the molecule is Cl.O=C(NC1CCCC1Cc1ccccc1)C1CNCCO1. The van der Waals surface area contributed by atoms with Gasteiger partial charge in [-0.2, -0.15) is 0 Å². The van der Waals surface area contributed by atoms with Crippen molar-refractivity contribution in [2.75, 3.05) is 19.7 Å². The van der Waals surface area contributed by atoms with Crippen LogP contribution in [0.2, 0.25) is 0 Å². The maximum absolute atomic E-state index is 12.3. The van der Waals surface area contributed by atoms with Crippen LogP contribution in [-0.2, 0) is 16.0 Å². The van der Waals surface area contributed by atoms with E-state index in [1.54, 1.807) is 0 Å². The summed E-state index contributed by atoms with van der Waals surface area (Å²) in [6.45, 7) is 2.09. The molecule has 1 saturated carbocycles. The minimum Gasteiger partial charge on any atom is -0.366 e. The third-order valence-electron chi connectivity index (χ3n) is 4.55. The van der Waals surface area contributed by atoms with Crippen molar-refractivity contribution in [3.05, 3.63) is 35.9 Å². The molecule has 1 heterocycles. The maximum atomic E-state index is 12.3. The fraction of sp³-hybridized carbons (Fsp3) is 0.588. The van der Waals surface area contributed by atoms with Gasteiger partial charge in [-0.05, 0) is 30.7 Å². The fourth-order valence-corrected chi connectivity index (χ4v) is 3.40. The van der Waals surface area contributed by atoms with Crippen molar-refractivity contribution in [3.8, 4) is 0 Å². The second-order valence-corrected chi connectivity index (χ2v) is 6.06. The third kappa shape index (κ3) is 4.45. The summed E-state index contributed by atoms with van der Waals surface area (Å²) < 4.78 is 5.53. The van der Waals surface area contributed by atoms with Crippen LogP contribution in [0.15, 0.2) is 30.3 Å². The molecular formula is C17H25ClN2O2. The lowest BCUT2D eigenvalue weighted by Gasteiger charge is -2.27. The molecule has 1 saturated heterocycles. The monoisotopic (exact) mass is 324 g/mol. The number of halogens is 1. The van der Waals surface area contributed by atoms with Crippen molar-refractivity contribution in [1.82, 2.24) is 10.6 Å². The molecule has 22 heavy (non-hydrogen) atoms. The van der Waals surface area contributed by atoms with Gasteiger partial charge in [-0.1, -0.05) is 36.8 Å². The highest BCUT2D eigenvalue weighted by Gasteiger charge is 2.31. The number of benzene rings is 1. The smallest absolute Gasteiger partial charge is 0.250 e. The van der Waals surface area contributed by atoms with Gasteiger partial charge >= 0.3 is 0 Å². The molecule has 0 aromatic heterocycles. The van der Waals surface area contributed by atoms with Crippen molar-refractivity contribution in [2.45, 2.75) is 37.8 Å². The Balaban J connectivity index is 0.00000176. The van der Waals surface area contributed by atoms with Gasteiger partial charge in [-0.15, -0.1) is 12.4 Å². The zero-order valence-corrected chi connectivity index (χ0v) is 13.6. The van der Waals surface area contributed by atoms with E-state index in [0.717, 1.165) is 19.4 Å². The molecule has 1 aliphatic carbocycles. The van der Waals surface area contributed by atoms with E-state index in [0.29, 0.717) is 25.1 Å². The molecule has 0 radical (unpaired) electrons. The molecule has 122 valence electrons. The second kappa shape index (κ2) is 8.51. The van der Waals surface area contributed by atoms with Gasteiger partial charge in [-0.3, -0.25) is 4.79 Å². The van der Waals surface area contributed by atoms with E-state index in [2.05, 4.69) is 34.9 Å². The Kier molecular flexibility index (Phi) is 6.68. The first-order valence-electron chi connectivity index (χ1n) is 7.99. The van der Waals surface area contributed by atoms with Crippen LogP contribution in [0.1, 0.15) is 24.8 Å². The number of ether oxygens (including phenoxy) is 1. The average Bonchev–Trinajstić information content (AvgIpc) is 2.96. The molecule has 1 aromatic rings. The van der Waals surface area contributed by atoms with Crippen LogP contribution < -0.4 is 10.6 Å². The lowest BCUT2D eigenvalue weighted by Crippen LogP contribution is -2.51. The Bertz CT molecular complexity index is 463. The Hall–Kier alpha value is -1.10. The number of carbonyl (C=O) groups is 1. The van der Waals surface area contributed by atoms with E-state index >= 15 is 0 Å². The molecule has 1 amide bonds. The van der Waals surface area contributed by atoms with E-state index < -0.39 is 0 Å². The highest BCUT2D eigenvalue weighted by molar-refractivity contribution is 5.85. The minimum atomic E-state index is -0.322. The standard InChI is InChI=1S/C17H24N2O2.ClH/c20-17(16-12-18-9-10-21-16)19-15-8-4-7-14(15)11-13-5-2-1-3-6-13;/h1-3,5-6,14-16,18H,4,7-12H2,(H,19,20);1H. The zero-order chi connectivity index (χ0) is 14.5. The van der Waals surface area contributed by atoms with Crippen LogP contribution in [0.4, 0.5) is 0 Å². The summed E-state index contributed by atoms with van der Waals surface area (Å²) in [5.74, 6) is 0.597. The zero-order valence-electron chi connectivity index (χ0n) is 12.8. The van der Waals surface area contributed by atoms with Gasteiger partial charge in [0.15, 0.2) is 0 Å². The molecular weight excluding hydrogens is 300 g/mol. The van der Waals surface area contributed by atoms with Gasteiger partial charge in [0.1, 0.15) is 6.10 Å². The normalized spacial score (nSPS) is 27.9. The first-order valence-corrected chi connectivity index (χ1v) is 7.99. The summed E-state index contributed by atoms with van der Waals surface area (Å²) in [6.07, 6.45) is 4.21. The maximum Gasteiger partial charge on any atom is 0.250 e. The predicted octanol–water partition coefficient (Wildman–Crippen LogP) is 1.92. The van der Waals surface area contributed by atoms with E-state index in [4.69, 9.17) is 4.74 Å². The molecule has 0 spiro atoms. The summed E-state index contributed by atoms with van der Waals surface area (Å²) in [7, 11) is 0. The van der Waals surface area contributed by atoms with Gasteiger partial charge in [0.05, 0.1) is 6.61 Å². The largest absolute Gasteiger partial charge is 0.366 e. The van der Waals surface area contributed by atoms with Crippen LogP contribution >= 0.6 is 12.4 Å². The highest BCUT2D eigenvalue weighted by Crippen LogP contribution is 2.29. The first kappa shape index (κ1) is 17.3. The van der Waals surface area contributed by atoms with E-state index in [-0.39, 0.29) is 24.4 Å². The Morgan fingerprint density at radius 1 is 1.27 bits per heavy atom. The molecule has 5 heteroatoms. The predicted molar refractivity (Wildman–Crippen MR) is 89.3 cm³/mol. The number of amides is 1. The van der Waals surface area contributed by atoms with Crippen LogP contribution in [0.3, 0.4) is 0 Å². The molecule has 1 aromatic carbocycles.